The number of thioether (sulfide) groups is 1. The Bertz CT molecular complexity index is 1120. The number of nitrogens with one attached hydrogen (secondary N) is 1. The number of hydrogen-bond donors (Lipinski definition) is 1. The molecule has 1 fully saturated rings. The van der Waals surface area contributed by atoms with E-state index < -0.39 is 12.0 Å². The van der Waals surface area contributed by atoms with Crippen molar-refractivity contribution in [3.05, 3.63) is 46.1 Å². The van der Waals surface area contributed by atoms with Gasteiger partial charge < -0.3 is 33.9 Å². The Kier molecular flexibility index (Phi) is 10.3. The van der Waals surface area contributed by atoms with Crippen LogP contribution in [0.1, 0.15) is 24.9 Å². The lowest BCUT2D eigenvalue weighted by atomic mass is 9.93. The van der Waals surface area contributed by atoms with Gasteiger partial charge in [-0.05, 0) is 30.0 Å². The Morgan fingerprint density at radius 3 is 2.49 bits per heavy atom. The second kappa shape index (κ2) is 13.8. The summed E-state index contributed by atoms with van der Waals surface area (Å²) in [5, 5.41) is 5.62. The van der Waals surface area contributed by atoms with E-state index in [0.717, 1.165) is 44.1 Å². The van der Waals surface area contributed by atoms with Crippen LogP contribution in [0.15, 0.2) is 45.6 Å². The van der Waals surface area contributed by atoms with E-state index in [0.29, 0.717) is 34.5 Å². The van der Waals surface area contributed by atoms with Crippen molar-refractivity contribution in [1.29, 1.82) is 0 Å². The number of amides is 1. The Balaban J connectivity index is 1.58. The minimum atomic E-state index is -0.598. The molecule has 1 unspecified atom stereocenters. The summed E-state index contributed by atoms with van der Waals surface area (Å²) in [6.07, 6.45) is 0.137. The quantitative estimate of drug-likeness (QED) is 0.302. The number of rotatable bonds is 12. The molecule has 0 aromatic heterocycles. The van der Waals surface area contributed by atoms with E-state index in [1.165, 1.54) is 11.8 Å². The first-order valence-corrected chi connectivity index (χ1v) is 13.7. The van der Waals surface area contributed by atoms with Gasteiger partial charge in [0.15, 0.2) is 5.17 Å². The number of aliphatic imine (C=N–C) groups is 1. The van der Waals surface area contributed by atoms with Gasteiger partial charge in [0.05, 0.1) is 57.8 Å². The highest BCUT2D eigenvalue weighted by Gasteiger charge is 2.41. The fourth-order valence-corrected chi connectivity index (χ4v) is 5.60. The third-order valence-corrected chi connectivity index (χ3v) is 7.52. The molecule has 4 rings (SSSR count). The van der Waals surface area contributed by atoms with Crippen LogP contribution in [0.25, 0.3) is 0 Å². The van der Waals surface area contributed by atoms with Crippen molar-refractivity contribution in [2.45, 2.75) is 19.4 Å². The number of amidine groups is 1. The minimum Gasteiger partial charge on any atom is -0.497 e. The van der Waals surface area contributed by atoms with E-state index in [2.05, 4.69) is 10.2 Å². The van der Waals surface area contributed by atoms with Crippen LogP contribution in [0.3, 0.4) is 0 Å². The summed E-state index contributed by atoms with van der Waals surface area (Å²) in [4.78, 5) is 35.3. The Labute approximate surface area is 233 Å². The predicted molar refractivity (Wildman–Crippen MR) is 148 cm³/mol. The largest absolute Gasteiger partial charge is 0.497 e. The summed E-state index contributed by atoms with van der Waals surface area (Å²) < 4.78 is 27.0. The Hall–Kier alpha value is -3.06. The number of morpholine rings is 1. The predicted octanol–water partition coefficient (Wildman–Crippen LogP) is 2.31. The van der Waals surface area contributed by atoms with Gasteiger partial charge in [-0.1, -0.05) is 11.8 Å². The molecule has 0 bridgehead atoms. The summed E-state index contributed by atoms with van der Waals surface area (Å²) in [5.41, 5.74) is 2.42. The highest BCUT2D eigenvalue weighted by Crippen LogP contribution is 2.46. The number of carbonyl (C=O) groups is 2. The maximum Gasteiger partial charge on any atom is 0.338 e. The highest BCUT2D eigenvalue weighted by atomic mass is 32.2. The summed E-state index contributed by atoms with van der Waals surface area (Å²) in [7, 11) is 4.70. The van der Waals surface area contributed by atoms with E-state index in [9.17, 15) is 9.59 Å². The zero-order valence-corrected chi connectivity index (χ0v) is 23.7. The molecule has 12 heteroatoms. The first-order valence-electron chi connectivity index (χ1n) is 12.8. The maximum atomic E-state index is 13.4. The molecule has 1 N–H and O–H groups in total. The van der Waals surface area contributed by atoms with Gasteiger partial charge in [0, 0.05) is 45.1 Å². The third-order valence-electron chi connectivity index (χ3n) is 6.63. The van der Waals surface area contributed by atoms with E-state index in [1.807, 2.05) is 22.4 Å². The van der Waals surface area contributed by atoms with Crippen molar-refractivity contribution in [1.82, 2.24) is 15.1 Å². The van der Waals surface area contributed by atoms with Gasteiger partial charge in [-0.25, -0.2) is 9.79 Å². The fourth-order valence-electron chi connectivity index (χ4n) is 4.63. The smallest absolute Gasteiger partial charge is 0.338 e. The zero-order chi connectivity index (χ0) is 27.8. The summed E-state index contributed by atoms with van der Waals surface area (Å²) in [6, 6.07) is 4.88. The fraction of sp³-hybridized carbons (Fsp3) is 0.519. The molecule has 212 valence electrons. The van der Waals surface area contributed by atoms with Gasteiger partial charge in [-0.3, -0.25) is 9.69 Å². The average molecular weight is 561 g/mol. The molecule has 39 heavy (non-hydrogen) atoms. The van der Waals surface area contributed by atoms with E-state index in [4.69, 9.17) is 28.7 Å². The van der Waals surface area contributed by atoms with Crippen LogP contribution in [0.5, 0.6) is 11.5 Å². The monoisotopic (exact) mass is 560 g/mol. The SMILES string of the molecule is COCCOC(=O)C1=C(C)N=C2SC=C(CC(=O)NCCN3CCOCC3)N2C1c1cc(OC)cc(OC)c1. The molecule has 3 aliphatic heterocycles. The van der Waals surface area contributed by atoms with Crippen LogP contribution in [0, 0.1) is 0 Å². The second-order valence-corrected chi connectivity index (χ2v) is 9.99. The van der Waals surface area contributed by atoms with Crippen molar-refractivity contribution < 1.29 is 33.3 Å². The number of carbonyl (C=O) groups excluding carboxylic acids is 2. The molecule has 3 heterocycles. The molecule has 3 aliphatic rings. The lowest BCUT2D eigenvalue weighted by Crippen LogP contribution is -2.42. The van der Waals surface area contributed by atoms with Crippen LogP contribution < -0.4 is 14.8 Å². The number of allylic oxidation sites excluding steroid dienone is 1. The molecule has 1 aromatic rings. The Morgan fingerprint density at radius 2 is 1.82 bits per heavy atom. The molecule has 0 saturated carbocycles. The summed E-state index contributed by atoms with van der Waals surface area (Å²) in [6.45, 7) is 6.66. The van der Waals surface area contributed by atoms with Gasteiger partial charge in [0.25, 0.3) is 0 Å². The lowest BCUT2D eigenvalue weighted by molar-refractivity contribution is -0.141. The Morgan fingerprint density at radius 1 is 1.10 bits per heavy atom. The topological polar surface area (TPSA) is 111 Å². The molecule has 1 amide bonds. The number of ether oxygens (including phenoxy) is 5. The normalized spacial score (nSPS) is 19.3. The maximum absolute atomic E-state index is 13.4. The molecule has 0 aliphatic carbocycles. The van der Waals surface area contributed by atoms with Gasteiger partial charge in [0.2, 0.25) is 5.91 Å². The van der Waals surface area contributed by atoms with Gasteiger partial charge in [0.1, 0.15) is 18.1 Å². The molecule has 1 atom stereocenters. The van der Waals surface area contributed by atoms with Crippen molar-refractivity contribution >= 4 is 28.8 Å². The van der Waals surface area contributed by atoms with Crippen molar-refractivity contribution in [2.24, 2.45) is 4.99 Å². The standard InChI is InChI=1S/C27H36N4O7S/c1-18-24(26(33)38-12-11-34-2)25(19-13-21(35-3)16-22(14-19)36-4)31-20(17-39-27(31)29-18)15-23(32)28-5-6-30-7-9-37-10-8-30/h13-14,16-17,25H,5-12,15H2,1-4H3,(H,28,32). The van der Waals surface area contributed by atoms with Crippen LogP contribution >= 0.6 is 11.8 Å². The molecule has 1 aromatic carbocycles. The zero-order valence-electron chi connectivity index (χ0n) is 22.9. The van der Waals surface area contributed by atoms with Crippen LogP contribution in [-0.2, 0) is 23.8 Å². The van der Waals surface area contributed by atoms with Crippen LogP contribution in [0.4, 0.5) is 0 Å². The number of benzene rings is 1. The van der Waals surface area contributed by atoms with Gasteiger partial charge >= 0.3 is 5.97 Å². The first kappa shape index (κ1) is 28.9. The molecule has 0 radical (unpaired) electrons. The highest BCUT2D eigenvalue weighted by molar-refractivity contribution is 8.16. The number of esters is 1. The average Bonchev–Trinajstić information content (AvgIpc) is 3.34. The van der Waals surface area contributed by atoms with E-state index in [-0.39, 0.29) is 25.5 Å². The molecule has 0 spiro atoms. The molecule has 11 nitrogen and oxygen atoms in total. The minimum absolute atomic E-state index is 0.103. The van der Waals surface area contributed by atoms with Crippen LogP contribution in [0.2, 0.25) is 0 Å². The van der Waals surface area contributed by atoms with Gasteiger partial charge in [-0.15, -0.1) is 0 Å². The van der Waals surface area contributed by atoms with Crippen molar-refractivity contribution in [2.75, 3.05) is 73.9 Å². The molecular weight excluding hydrogens is 524 g/mol. The summed E-state index contributed by atoms with van der Waals surface area (Å²) >= 11 is 1.42. The number of hydrogen-bond acceptors (Lipinski definition) is 11. The second-order valence-electron chi connectivity index (χ2n) is 9.15. The lowest BCUT2D eigenvalue weighted by Gasteiger charge is -2.36. The number of nitrogens with zero attached hydrogens (tertiary/aromatic N) is 3. The van der Waals surface area contributed by atoms with Crippen LogP contribution in [-0.4, -0.2) is 101 Å². The van der Waals surface area contributed by atoms with Crippen molar-refractivity contribution in [3.8, 4) is 11.5 Å². The number of fused-ring (bicyclic) bond motifs is 1. The molecule has 1 saturated heterocycles. The van der Waals surface area contributed by atoms with Gasteiger partial charge in [-0.2, -0.15) is 0 Å². The third kappa shape index (κ3) is 7.13. The molecular formula is C27H36N4O7S. The summed E-state index contributed by atoms with van der Waals surface area (Å²) in [5.74, 6) is 0.562. The van der Waals surface area contributed by atoms with E-state index >= 15 is 0 Å². The first-order chi connectivity index (χ1) is 18.9. The number of methoxy groups -OCH3 is 3. The van der Waals surface area contributed by atoms with Crippen molar-refractivity contribution in [3.63, 3.8) is 0 Å². The van der Waals surface area contributed by atoms with E-state index in [1.54, 1.807) is 34.3 Å².